The summed E-state index contributed by atoms with van der Waals surface area (Å²) in [5.74, 6) is 1.40. The van der Waals surface area contributed by atoms with Gasteiger partial charge in [0, 0.05) is 0 Å². The molecule has 1 unspecified atom stereocenters. The number of fused-ring (bicyclic) bond motifs is 1. The Morgan fingerprint density at radius 3 is 2.38 bits per heavy atom. The summed E-state index contributed by atoms with van der Waals surface area (Å²) in [5, 5.41) is 5.15. The van der Waals surface area contributed by atoms with Crippen molar-refractivity contribution in [1.29, 1.82) is 0 Å². The monoisotopic (exact) mass is 391 g/mol. The third-order valence-corrected chi connectivity index (χ3v) is 4.79. The fourth-order valence-electron chi connectivity index (χ4n) is 3.23. The first-order valence-corrected chi connectivity index (χ1v) is 10.3. The second kappa shape index (κ2) is 10.5. The average molecular weight is 392 g/mol. The van der Waals surface area contributed by atoms with Crippen molar-refractivity contribution < 1.29 is 14.3 Å². The molecular formula is C25H29NO3. The van der Waals surface area contributed by atoms with Crippen molar-refractivity contribution in [2.24, 2.45) is 0 Å². The molecule has 4 heteroatoms. The van der Waals surface area contributed by atoms with E-state index < -0.39 is 6.10 Å². The van der Waals surface area contributed by atoms with E-state index in [1.165, 1.54) is 5.56 Å². The van der Waals surface area contributed by atoms with Crippen LogP contribution in [0.2, 0.25) is 0 Å². The fraction of sp³-hybridized carbons (Fsp3) is 0.320. The number of carbonyl (C=O) groups is 1. The van der Waals surface area contributed by atoms with Gasteiger partial charge in [0.1, 0.15) is 18.1 Å². The third kappa shape index (κ3) is 5.98. The molecule has 0 aliphatic rings. The Kier molecular flexibility index (Phi) is 7.51. The van der Waals surface area contributed by atoms with Crippen LogP contribution in [0.5, 0.6) is 11.5 Å². The van der Waals surface area contributed by atoms with Gasteiger partial charge in [-0.3, -0.25) is 4.79 Å². The van der Waals surface area contributed by atoms with E-state index in [1.54, 1.807) is 0 Å². The minimum atomic E-state index is -0.524. The SMILES string of the molecule is CCCc1ccc(OCCNC(=O)C(CC)Oc2ccc3ccccc3c2)cc1. The highest BCUT2D eigenvalue weighted by atomic mass is 16.5. The van der Waals surface area contributed by atoms with Gasteiger partial charge in [-0.25, -0.2) is 0 Å². The molecule has 1 N–H and O–H groups in total. The van der Waals surface area contributed by atoms with Crippen LogP contribution in [0.4, 0.5) is 0 Å². The predicted octanol–water partition coefficient (Wildman–Crippen LogP) is 5.14. The van der Waals surface area contributed by atoms with Gasteiger partial charge >= 0.3 is 0 Å². The Labute approximate surface area is 172 Å². The maximum Gasteiger partial charge on any atom is 0.261 e. The lowest BCUT2D eigenvalue weighted by atomic mass is 10.1. The number of aryl methyl sites for hydroxylation is 1. The molecule has 0 radical (unpaired) electrons. The van der Waals surface area contributed by atoms with Gasteiger partial charge in [-0.2, -0.15) is 0 Å². The molecule has 0 saturated heterocycles. The number of amides is 1. The molecule has 29 heavy (non-hydrogen) atoms. The summed E-state index contributed by atoms with van der Waals surface area (Å²) in [4.78, 5) is 12.5. The molecule has 0 aliphatic heterocycles. The van der Waals surface area contributed by atoms with E-state index in [2.05, 4.69) is 30.4 Å². The van der Waals surface area contributed by atoms with E-state index in [0.29, 0.717) is 25.3 Å². The summed E-state index contributed by atoms with van der Waals surface area (Å²) in [5.41, 5.74) is 1.31. The molecule has 3 rings (SSSR count). The lowest BCUT2D eigenvalue weighted by Crippen LogP contribution is -2.39. The summed E-state index contributed by atoms with van der Waals surface area (Å²) in [6, 6.07) is 22.1. The van der Waals surface area contributed by atoms with E-state index in [0.717, 1.165) is 29.4 Å². The normalized spacial score (nSPS) is 11.8. The molecule has 0 bridgehead atoms. The number of carbonyl (C=O) groups excluding carboxylic acids is 1. The molecule has 152 valence electrons. The highest BCUT2D eigenvalue weighted by Crippen LogP contribution is 2.22. The highest BCUT2D eigenvalue weighted by molar-refractivity contribution is 5.84. The van der Waals surface area contributed by atoms with Crippen LogP contribution in [-0.4, -0.2) is 25.2 Å². The molecular weight excluding hydrogens is 362 g/mol. The second-order valence-corrected chi connectivity index (χ2v) is 7.06. The van der Waals surface area contributed by atoms with E-state index in [9.17, 15) is 4.79 Å². The number of benzene rings is 3. The number of ether oxygens (including phenoxy) is 2. The number of hydrogen-bond donors (Lipinski definition) is 1. The molecule has 0 aromatic heterocycles. The lowest BCUT2D eigenvalue weighted by Gasteiger charge is -2.18. The first kappa shape index (κ1) is 20.7. The Hall–Kier alpha value is -3.01. The van der Waals surface area contributed by atoms with E-state index in [4.69, 9.17) is 9.47 Å². The van der Waals surface area contributed by atoms with Crippen LogP contribution in [0.1, 0.15) is 32.3 Å². The van der Waals surface area contributed by atoms with Gasteiger partial charge in [-0.15, -0.1) is 0 Å². The van der Waals surface area contributed by atoms with Crippen LogP contribution in [0.3, 0.4) is 0 Å². The van der Waals surface area contributed by atoms with Gasteiger partial charge in [0.05, 0.1) is 6.54 Å². The van der Waals surface area contributed by atoms with Crippen LogP contribution in [0.25, 0.3) is 10.8 Å². The smallest absolute Gasteiger partial charge is 0.261 e. The number of rotatable bonds is 10. The standard InChI is InChI=1S/C25H29NO3/c1-3-7-19-10-13-22(14-11-19)28-17-16-26-25(27)24(4-2)29-23-15-12-20-8-5-6-9-21(20)18-23/h5-6,8-15,18,24H,3-4,7,16-17H2,1-2H3,(H,26,27). The average Bonchev–Trinajstić information content (AvgIpc) is 2.76. The first-order valence-electron chi connectivity index (χ1n) is 10.3. The number of nitrogens with one attached hydrogen (secondary N) is 1. The first-order chi connectivity index (χ1) is 14.2. The molecule has 3 aromatic rings. The van der Waals surface area contributed by atoms with Gasteiger partial charge < -0.3 is 14.8 Å². The van der Waals surface area contributed by atoms with Crippen molar-refractivity contribution >= 4 is 16.7 Å². The predicted molar refractivity (Wildman–Crippen MR) is 118 cm³/mol. The zero-order valence-electron chi connectivity index (χ0n) is 17.2. The Balaban J connectivity index is 1.46. The summed E-state index contributed by atoms with van der Waals surface area (Å²) in [6.07, 6.45) is 2.28. The molecule has 0 fully saturated rings. The van der Waals surface area contributed by atoms with Crippen molar-refractivity contribution in [3.05, 3.63) is 72.3 Å². The van der Waals surface area contributed by atoms with Gasteiger partial charge in [-0.05, 0) is 53.4 Å². The Morgan fingerprint density at radius 1 is 0.931 bits per heavy atom. The van der Waals surface area contributed by atoms with Gasteiger partial charge in [-0.1, -0.05) is 62.7 Å². The molecule has 0 spiro atoms. The lowest BCUT2D eigenvalue weighted by molar-refractivity contribution is -0.128. The van der Waals surface area contributed by atoms with Gasteiger partial charge in [0.2, 0.25) is 0 Å². The largest absolute Gasteiger partial charge is 0.492 e. The van der Waals surface area contributed by atoms with E-state index in [-0.39, 0.29) is 5.91 Å². The van der Waals surface area contributed by atoms with Gasteiger partial charge in [0.15, 0.2) is 6.10 Å². The second-order valence-electron chi connectivity index (χ2n) is 7.06. The van der Waals surface area contributed by atoms with Crippen molar-refractivity contribution in [2.45, 2.75) is 39.2 Å². The molecule has 0 heterocycles. The molecule has 1 atom stereocenters. The van der Waals surface area contributed by atoms with Gasteiger partial charge in [0.25, 0.3) is 5.91 Å². The minimum Gasteiger partial charge on any atom is -0.492 e. The molecule has 3 aromatic carbocycles. The van der Waals surface area contributed by atoms with Crippen LogP contribution < -0.4 is 14.8 Å². The van der Waals surface area contributed by atoms with Crippen LogP contribution in [-0.2, 0) is 11.2 Å². The van der Waals surface area contributed by atoms with Crippen molar-refractivity contribution in [1.82, 2.24) is 5.32 Å². The van der Waals surface area contributed by atoms with E-state index in [1.807, 2.05) is 55.5 Å². The molecule has 0 aliphatic carbocycles. The zero-order chi connectivity index (χ0) is 20.5. The molecule has 4 nitrogen and oxygen atoms in total. The van der Waals surface area contributed by atoms with Crippen LogP contribution >= 0.6 is 0 Å². The summed E-state index contributed by atoms with van der Waals surface area (Å²) in [6.45, 7) is 4.97. The maximum absolute atomic E-state index is 12.5. The van der Waals surface area contributed by atoms with Crippen molar-refractivity contribution in [2.75, 3.05) is 13.2 Å². The van der Waals surface area contributed by atoms with Crippen molar-refractivity contribution in [3.8, 4) is 11.5 Å². The number of hydrogen-bond acceptors (Lipinski definition) is 3. The van der Waals surface area contributed by atoms with Crippen molar-refractivity contribution in [3.63, 3.8) is 0 Å². The summed E-state index contributed by atoms with van der Waals surface area (Å²) in [7, 11) is 0. The Bertz CT molecular complexity index is 921. The quantitative estimate of drug-likeness (QED) is 0.487. The molecule has 1 amide bonds. The molecule has 0 saturated carbocycles. The summed E-state index contributed by atoms with van der Waals surface area (Å²) >= 11 is 0. The highest BCUT2D eigenvalue weighted by Gasteiger charge is 2.18. The minimum absolute atomic E-state index is 0.123. The van der Waals surface area contributed by atoms with Crippen LogP contribution in [0, 0.1) is 0 Å². The fourth-order valence-corrected chi connectivity index (χ4v) is 3.23. The summed E-state index contributed by atoms with van der Waals surface area (Å²) < 4.78 is 11.6. The third-order valence-electron chi connectivity index (χ3n) is 4.79. The topological polar surface area (TPSA) is 47.6 Å². The zero-order valence-corrected chi connectivity index (χ0v) is 17.2. The Morgan fingerprint density at radius 2 is 1.66 bits per heavy atom. The van der Waals surface area contributed by atoms with E-state index >= 15 is 0 Å². The maximum atomic E-state index is 12.5. The van der Waals surface area contributed by atoms with Crippen LogP contribution in [0.15, 0.2) is 66.7 Å².